The minimum atomic E-state index is -3.30. The predicted octanol–water partition coefficient (Wildman–Crippen LogP) is 3.25. The van der Waals surface area contributed by atoms with E-state index in [-0.39, 0.29) is 5.75 Å². The SMILES string of the molecule is Cc1cccc(N2CCC(CNS(=O)(=O)Cc3ccccc3C)C2)c1. The average Bonchev–Trinajstić information content (AvgIpc) is 3.04. The maximum absolute atomic E-state index is 12.4. The van der Waals surface area contributed by atoms with Crippen molar-refractivity contribution in [2.24, 2.45) is 5.92 Å². The van der Waals surface area contributed by atoms with Crippen LogP contribution in [0.25, 0.3) is 0 Å². The molecule has 3 rings (SSSR count). The first-order valence-electron chi connectivity index (χ1n) is 8.76. The van der Waals surface area contributed by atoms with Crippen LogP contribution in [0.15, 0.2) is 48.5 Å². The van der Waals surface area contributed by atoms with E-state index in [0.717, 1.165) is 30.6 Å². The fourth-order valence-corrected chi connectivity index (χ4v) is 4.66. The first-order chi connectivity index (χ1) is 11.9. The van der Waals surface area contributed by atoms with Gasteiger partial charge in [0.15, 0.2) is 0 Å². The van der Waals surface area contributed by atoms with Crippen molar-refractivity contribution in [3.05, 3.63) is 65.2 Å². The number of rotatable bonds is 6. The Labute approximate surface area is 150 Å². The predicted molar refractivity (Wildman–Crippen MR) is 103 cm³/mol. The molecule has 1 fully saturated rings. The fourth-order valence-electron chi connectivity index (χ4n) is 3.33. The molecule has 25 heavy (non-hydrogen) atoms. The summed E-state index contributed by atoms with van der Waals surface area (Å²) in [6.45, 7) is 6.43. The largest absolute Gasteiger partial charge is 0.371 e. The van der Waals surface area contributed by atoms with Gasteiger partial charge in [0.25, 0.3) is 0 Å². The van der Waals surface area contributed by atoms with E-state index in [0.29, 0.717) is 12.5 Å². The van der Waals surface area contributed by atoms with Crippen molar-refractivity contribution in [3.63, 3.8) is 0 Å². The molecule has 0 saturated carbocycles. The molecular formula is C20H26N2O2S. The highest BCUT2D eigenvalue weighted by Gasteiger charge is 2.24. The number of aryl methyl sites for hydroxylation is 2. The van der Waals surface area contributed by atoms with Crippen molar-refractivity contribution in [3.8, 4) is 0 Å². The van der Waals surface area contributed by atoms with Crippen LogP contribution in [0.1, 0.15) is 23.1 Å². The van der Waals surface area contributed by atoms with Crippen molar-refractivity contribution in [1.29, 1.82) is 0 Å². The molecule has 0 aromatic heterocycles. The summed E-state index contributed by atoms with van der Waals surface area (Å²) in [6.07, 6.45) is 1.01. The lowest BCUT2D eigenvalue weighted by molar-refractivity contribution is 0.541. The summed E-state index contributed by atoms with van der Waals surface area (Å²) in [4.78, 5) is 2.34. The van der Waals surface area contributed by atoms with Gasteiger partial charge in [0, 0.05) is 25.3 Å². The van der Waals surface area contributed by atoms with E-state index in [2.05, 4.69) is 40.8 Å². The maximum atomic E-state index is 12.4. The monoisotopic (exact) mass is 358 g/mol. The normalized spacial score (nSPS) is 17.8. The quantitative estimate of drug-likeness (QED) is 0.862. The molecule has 4 nitrogen and oxygen atoms in total. The fraction of sp³-hybridized carbons (Fsp3) is 0.400. The van der Waals surface area contributed by atoms with Crippen molar-refractivity contribution >= 4 is 15.7 Å². The van der Waals surface area contributed by atoms with Crippen LogP contribution in [0.2, 0.25) is 0 Å². The van der Waals surface area contributed by atoms with Gasteiger partial charge < -0.3 is 4.90 Å². The van der Waals surface area contributed by atoms with Gasteiger partial charge in [0.2, 0.25) is 10.0 Å². The highest BCUT2D eigenvalue weighted by atomic mass is 32.2. The van der Waals surface area contributed by atoms with Gasteiger partial charge >= 0.3 is 0 Å². The summed E-state index contributed by atoms with van der Waals surface area (Å²) in [5, 5.41) is 0. The second-order valence-electron chi connectivity index (χ2n) is 6.97. The van der Waals surface area contributed by atoms with Gasteiger partial charge in [-0.2, -0.15) is 0 Å². The number of nitrogens with zero attached hydrogens (tertiary/aromatic N) is 1. The Balaban J connectivity index is 1.54. The second-order valence-corrected chi connectivity index (χ2v) is 8.78. The van der Waals surface area contributed by atoms with E-state index < -0.39 is 10.0 Å². The van der Waals surface area contributed by atoms with Gasteiger partial charge in [0.05, 0.1) is 5.75 Å². The molecule has 134 valence electrons. The molecular weight excluding hydrogens is 332 g/mol. The third-order valence-corrected chi connectivity index (χ3v) is 6.15. The standard InChI is InChI=1S/C20H26N2O2S/c1-16-6-5-9-20(12-16)22-11-10-18(14-22)13-21-25(23,24)15-19-8-4-3-7-17(19)2/h3-9,12,18,21H,10-11,13-15H2,1-2H3. The van der Waals surface area contributed by atoms with Crippen LogP contribution in [-0.2, 0) is 15.8 Å². The number of hydrogen-bond donors (Lipinski definition) is 1. The highest BCUT2D eigenvalue weighted by Crippen LogP contribution is 2.24. The van der Waals surface area contributed by atoms with Gasteiger partial charge in [-0.1, -0.05) is 36.4 Å². The van der Waals surface area contributed by atoms with Crippen LogP contribution in [0.5, 0.6) is 0 Å². The number of nitrogens with one attached hydrogen (secondary N) is 1. The summed E-state index contributed by atoms with van der Waals surface area (Å²) in [5.74, 6) is 0.403. The minimum Gasteiger partial charge on any atom is -0.371 e. The zero-order chi connectivity index (χ0) is 17.9. The Bertz CT molecular complexity index is 833. The summed E-state index contributed by atoms with van der Waals surface area (Å²) in [6, 6.07) is 16.1. The average molecular weight is 359 g/mol. The molecule has 5 heteroatoms. The van der Waals surface area contributed by atoms with Crippen molar-refractivity contribution in [2.45, 2.75) is 26.0 Å². The van der Waals surface area contributed by atoms with Gasteiger partial charge in [-0.05, 0) is 55.0 Å². The summed E-state index contributed by atoms with van der Waals surface area (Å²) < 4.78 is 27.6. The molecule has 1 saturated heterocycles. The Morgan fingerprint density at radius 3 is 2.68 bits per heavy atom. The van der Waals surface area contributed by atoms with Gasteiger partial charge in [-0.3, -0.25) is 0 Å². The van der Waals surface area contributed by atoms with Crippen LogP contribution < -0.4 is 9.62 Å². The van der Waals surface area contributed by atoms with Crippen molar-refractivity contribution in [2.75, 3.05) is 24.5 Å². The topological polar surface area (TPSA) is 49.4 Å². The molecule has 0 spiro atoms. The molecule has 1 N–H and O–H groups in total. The van der Waals surface area contributed by atoms with Crippen LogP contribution in [-0.4, -0.2) is 28.1 Å². The molecule has 1 aliphatic heterocycles. The molecule has 0 amide bonds. The Morgan fingerprint density at radius 2 is 1.92 bits per heavy atom. The van der Waals surface area contributed by atoms with Crippen molar-refractivity contribution in [1.82, 2.24) is 4.72 Å². The summed E-state index contributed by atoms with van der Waals surface area (Å²) >= 11 is 0. The highest BCUT2D eigenvalue weighted by molar-refractivity contribution is 7.88. The van der Waals surface area contributed by atoms with Gasteiger partial charge in [-0.25, -0.2) is 13.1 Å². The van der Waals surface area contributed by atoms with Gasteiger partial charge in [0.1, 0.15) is 0 Å². The molecule has 0 bridgehead atoms. The van der Waals surface area contributed by atoms with E-state index >= 15 is 0 Å². The van der Waals surface area contributed by atoms with E-state index in [1.54, 1.807) is 0 Å². The molecule has 1 atom stereocenters. The third-order valence-electron chi connectivity index (χ3n) is 4.85. The zero-order valence-corrected chi connectivity index (χ0v) is 15.7. The lowest BCUT2D eigenvalue weighted by Crippen LogP contribution is -2.32. The van der Waals surface area contributed by atoms with Crippen LogP contribution in [0.3, 0.4) is 0 Å². The first kappa shape index (κ1) is 18.0. The smallest absolute Gasteiger partial charge is 0.215 e. The second kappa shape index (κ2) is 7.58. The molecule has 2 aromatic carbocycles. The van der Waals surface area contributed by atoms with Crippen LogP contribution >= 0.6 is 0 Å². The van der Waals surface area contributed by atoms with E-state index in [1.807, 2.05) is 31.2 Å². The van der Waals surface area contributed by atoms with E-state index in [9.17, 15) is 8.42 Å². The Morgan fingerprint density at radius 1 is 1.12 bits per heavy atom. The third kappa shape index (κ3) is 4.83. The van der Waals surface area contributed by atoms with Crippen molar-refractivity contribution < 1.29 is 8.42 Å². The number of benzene rings is 2. The Kier molecular flexibility index (Phi) is 5.45. The Hall–Kier alpha value is -1.85. The molecule has 1 aliphatic rings. The number of hydrogen-bond acceptors (Lipinski definition) is 3. The van der Waals surface area contributed by atoms with Crippen LogP contribution in [0, 0.1) is 19.8 Å². The van der Waals surface area contributed by atoms with E-state index in [4.69, 9.17) is 0 Å². The molecule has 1 unspecified atom stereocenters. The zero-order valence-electron chi connectivity index (χ0n) is 14.9. The van der Waals surface area contributed by atoms with E-state index in [1.165, 1.54) is 11.3 Å². The molecule has 2 aromatic rings. The number of sulfonamides is 1. The van der Waals surface area contributed by atoms with Gasteiger partial charge in [-0.15, -0.1) is 0 Å². The minimum absolute atomic E-state index is 0.0496. The molecule has 0 aliphatic carbocycles. The first-order valence-corrected chi connectivity index (χ1v) is 10.4. The summed E-state index contributed by atoms with van der Waals surface area (Å²) in [7, 11) is -3.30. The lowest BCUT2D eigenvalue weighted by Gasteiger charge is -2.19. The lowest BCUT2D eigenvalue weighted by atomic mass is 10.1. The van der Waals surface area contributed by atoms with Crippen LogP contribution in [0.4, 0.5) is 5.69 Å². The molecule has 1 heterocycles. The number of anilines is 1. The molecule has 0 radical (unpaired) electrons. The summed E-state index contributed by atoms with van der Waals surface area (Å²) in [5.41, 5.74) is 4.35. The maximum Gasteiger partial charge on any atom is 0.215 e.